The zero-order chi connectivity index (χ0) is 14.9. The fourth-order valence-corrected chi connectivity index (χ4v) is 3.13. The minimum Gasteiger partial charge on any atom is -0.493 e. The van der Waals surface area contributed by atoms with E-state index in [0.717, 1.165) is 38.3 Å². The molecule has 0 saturated heterocycles. The van der Waals surface area contributed by atoms with Crippen LogP contribution < -0.4 is 10.1 Å². The van der Waals surface area contributed by atoms with Gasteiger partial charge in [0.05, 0.1) is 6.61 Å². The molecule has 1 aliphatic rings. The molecule has 2 unspecified atom stereocenters. The summed E-state index contributed by atoms with van der Waals surface area (Å²) in [6.07, 6.45) is 5.83. The van der Waals surface area contributed by atoms with E-state index in [1.807, 2.05) is 0 Å². The Balaban J connectivity index is 1.95. The van der Waals surface area contributed by atoms with Crippen LogP contribution in [0.4, 0.5) is 0 Å². The molecule has 2 atom stereocenters. The second-order valence-corrected chi connectivity index (χ2v) is 5.89. The fraction of sp³-hybridized carbons (Fsp3) is 0.667. The lowest BCUT2D eigenvalue weighted by atomic mass is 9.86. The average Bonchev–Trinajstić information content (AvgIpc) is 2.53. The molecule has 0 spiro atoms. The standard InChI is InChI=1S/C18H29NO2/c1-3-11-19-16(7-6-12-20-2)14-15-10-13-21-18-9-5-4-8-17(15)18/h4-5,8-9,15-16,19H,3,6-7,10-14H2,1-2H3. The van der Waals surface area contributed by atoms with Crippen LogP contribution in [0.25, 0.3) is 0 Å². The predicted molar refractivity (Wildman–Crippen MR) is 87.1 cm³/mol. The maximum Gasteiger partial charge on any atom is 0.122 e. The second kappa shape index (κ2) is 9.06. The number of ether oxygens (including phenoxy) is 2. The number of methoxy groups -OCH3 is 1. The highest BCUT2D eigenvalue weighted by atomic mass is 16.5. The Morgan fingerprint density at radius 1 is 1.38 bits per heavy atom. The molecular weight excluding hydrogens is 262 g/mol. The Kier molecular flexibility index (Phi) is 7.04. The van der Waals surface area contributed by atoms with E-state index in [4.69, 9.17) is 9.47 Å². The molecule has 2 rings (SSSR count). The van der Waals surface area contributed by atoms with Gasteiger partial charge in [-0.1, -0.05) is 25.1 Å². The summed E-state index contributed by atoms with van der Waals surface area (Å²) in [5.41, 5.74) is 1.39. The highest BCUT2D eigenvalue weighted by Gasteiger charge is 2.23. The topological polar surface area (TPSA) is 30.5 Å². The van der Waals surface area contributed by atoms with Gasteiger partial charge in [0.25, 0.3) is 0 Å². The summed E-state index contributed by atoms with van der Waals surface area (Å²) < 4.78 is 11.0. The third-order valence-corrected chi connectivity index (χ3v) is 4.24. The lowest BCUT2D eigenvalue weighted by molar-refractivity contribution is 0.186. The molecule has 0 saturated carbocycles. The molecule has 1 heterocycles. The molecule has 0 bridgehead atoms. The van der Waals surface area contributed by atoms with Crippen molar-refractivity contribution in [1.82, 2.24) is 5.32 Å². The number of hydrogen-bond donors (Lipinski definition) is 1. The zero-order valence-electron chi connectivity index (χ0n) is 13.4. The third-order valence-electron chi connectivity index (χ3n) is 4.24. The van der Waals surface area contributed by atoms with Crippen molar-refractivity contribution in [2.24, 2.45) is 0 Å². The van der Waals surface area contributed by atoms with E-state index in [0.29, 0.717) is 12.0 Å². The Hall–Kier alpha value is -1.06. The van der Waals surface area contributed by atoms with Gasteiger partial charge in [-0.2, -0.15) is 0 Å². The lowest BCUT2D eigenvalue weighted by Gasteiger charge is -2.29. The molecule has 1 aliphatic heterocycles. The molecule has 1 aromatic carbocycles. The minimum atomic E-state index is 0.580. The van der Waals surface area contributed by atoms with E-state index in [-0.39, 0.29) is 0 Å². The van der Waals surface area contributed by atoms with Crippen LogP contribution in [-0.4, -0.2) is 32.9 Å². The van der Waals surface area contributed by atoms with Crippen molar-refractivity contribution in [2.45, 2.75) is 51.0 Å². The molecule has 3 heteroatoms. The molecule has 0 aliphatic carbocycles. The maximum absolute atomic E-state index is 5.77. The van der Waals surface area contributed by atoms with Crippen LogP contribution in [0.3, 0.4) is 0 Å². The van der Waals surface area contributed by atoms with Gasteiger partial charge in [-0.05, 0) is 56.2 Å². The SMILES string of the molecule is CCCNC(CCCOC)CC1CCOc2ccccc21. The number of fused-ring (bicyclic) bond motifs is 1. The number of hydrogen-bond acceptors (Lipinski definition) is 3. The van der Waals surface area contributed by atoms with Gasteiger partial charge in [-0.25, -0.2) is 0 Å². The van der Waals surface area contributed by atoms with Gasteiger partial charge in [-0.3, -0.25) is 0 Å². The molecule has 0 fully saturated rings. The van der Waals surface area contributed by atoms with Gasteiger partial charge in [0.2, 0.25) is 0 Å². The molecule has 0 radical (unpaired) electrons. The van der Waals surface area contributed by atoms with Crippen molar-refractivity contribution in [3.05, 3.63) is 29.8 Å². The largest absolute Gasteiger partial charge is 0.493 e. The van der Waals surface area contributed by atoms with E-state index in [9.17, 15) is 0 Å². The Bertz CT molecular complexity index is 408. The minimum absolute atomic E-state index is 0.580. The average molecular weight is 291 g/mol. The predicted octanol–water partition coefficient (Wildman–Crippen LogP) is 3.74. The molecule has 118 valence electrons. The number of rotatable bonds is 9. The van der Waals surface area contributed by atoms with Crippen LogP contribution in [0.15, 0.2) is 24.3 Å². The molecular formula is C18H29NO2. The first-order chi connectivity index (χ1) is 10.3. The normalized spacial score (nSPS) is 18.9. The molecule has 3 nitrogen and oxygen atoms in total. The van der Waals surface area contributed by atoms with Crippen molar-refractivity contribution < 1.29 is 9.47 Å². The van der Waals surface area contributed by atoms with Crippen LogP contribution in [0.2, 0.25) is 0 Å². The molecule has 1 aromatic rings. The van der Waals surface area contributed by atoms with Gasteiger partial charge in [0, 0.05) is 19.8 Å². The Morgan fingerprint density at radius 3 is 3.05 bits per heavy atom. The first-order valence-corrected chi connectivity index (χ1v) is 8.29. The summed E-state index contributed by atoms with van der Waals surface area (Å²) in [6, 6.07) is 9.09. The first-order valence-electron chi connectivity index (χ1n) is 8.29. The molecule has 1 N–H and O–H groups in total. The smallest absolute Gasteiger partial charge is 0.122 e. The van der Waals surface area contributed by atoms with Crippen LogP contribution >= 0.6 is 0 Å². The van der Waals surface area contributed by atoms with Crippen LogP contribution in [0, 0.1) is 0 Å². The van der Waals surface area contributed by atoms with Gasteiger partial charge in [-0.15, -0.1) is 0 Å². The van der Waals surface area contributed by atoms with E-state index >= 15 is 0 Å². The van der Waals surface area contributed by atoms with Crippen molar-refractivity contribution >= 4 is 0 Å². The van der Waals surface area contributed by atoms with Gasteiger partial charge >= 0.3 is 0 Å². The third kappa shape index (κ3) is 5.01. The van der Waals surface area contributed by atoms with Crippen molar-refractivity contribution in [1.29, 1.82) is 0 Å². The molecule has 0 amide bonds. The summed E-state index contributed by atoms with van der Waals surface area (Å²) in [4.78, 5) is 0. The summed E-state index contributed by atoms with van der Waals surface area (Å²) in [7, 11) is 1.78. The number of para-hydroxylation sites is 1. The van der Waals surface area contributed by atoms with E-state index in [1.165, 1.54) is 24.8 Å². The Labute approximate surface area is 129 Å². The fourth-order valence-electron chi connectivity index (χ4n) is 3.13. The van der Waals surface area contributed by atoms with E-state index in [1.54, 1.807) is 7.11 Å². The van der Waals surface area contributed by atoms with Crippen molar-refractivity contribution in [3.63, 3.8) is 0 Å². The van der Waals surface area contributed by atoms with Crippen LogP contribution in [0.5, 0.6) is 5.75 Å². The number of nitrogens with one attached hydrogen (secondary N) is 1. The number of benzene rings is 1. The second-order valence-electron chi connectivity index (χ2n) is 5.89. The van der Waals surface area contributed by atoms with Crippen LogP contribution in [0.1, 0.15) is 50.5 Å². The van der Waals surface area contributed by atoms with Crippen molar-refractivity contribution in [2.75, 3.05) is 26.9 Å². The van der Waals surface area contributed by atoms with Gasteiger partial charge < -0.3 is 14.8 Å². The summed E-state index contributed by atoms with van der Waals surface area (Å²) in [5.74, 6) is 1.70. The van der Waals surface area contributed by atoms with Crippen molar-refractivity contribution in [3.8, 4) is 5.75 Å². The molecule has 21 heavy (non-hydrogen) atoms. The maximum atomic E-state index is 5.77. The highest BCUT2D eigenvalue weighted by molar-refractivity contribution is 5.37. The van der Waals surface area contributed by atoms with Gasteiger partial charge in [0.15, 0.2) is 0 Å². The summed E-state index contributed by atoms with van der Waals surface area (Å²) in [6.45, 7) is 5.03. The quantitative estimate of drug-likeness (QED) is 0.703. The highest BCUT2D eigenvalue weighted by Crippen LogP contribution is 2.36. The zero-order valence-corrected chi connectivity index (χ0v) is 13.4. The Morgan fingerprint density at radius 2 is 2.24 bits per heavy atom. The monoisotopic (exact) mass is 291 g/mol. The van der Waals surface area contributed by atoms with Gasteiger partial charge in [0.1, 0.15) is 5.75 Å². The summed E-state index contributed by atoms with van der Waals surface area (Å²) >= 11 is 0. The lowest BCUT2D eigenvalue weighted by Crippen LogP contribution is -2.32. The summed E-state index contributed by atoms with van der Waals surface area (Å²) in [5, 5.41) is 3.71. The molecule has 0 aromatic heterocycles. The van der Waals surface area contributed by atoms with E-state index < -0.39 is 0 Å². The first kappa shape index (κ1) is 16.3. The van der Waals surface area contributed by atoms with Crippen LogP contribution in [-0.2, 0) is 4.74 Å². The van der Waals surface area contributed by atoms with E-state index in [2.05, 4.69) is 36.5 Å².